The molecule has 0 saturated carbocycles. The van der Waals surface area contributed by atoms with Crippen LogP contribution < -0.4 is 9.47 Å². The highest BCUT2D eigenvalue weighted by atomic mass is 16.5. The summed E-state index contributed by atoms with van der Waals surface area (Å²) in [7, 11) is 0. The van der Waals surface area contributed by atoms with Crippen LogP contribution in [0.1, 0.15) is 44.5 Å². The first-order chi connectivity index (χ1) is 57.9. The van der Waals surface area contributed by atoms with Crippen LogP contribution in [0.4, 0.5) is 0 Å². The maximum absolute atomic E-state index is 7.14. The summed E-state index contributed by atoms with van der Waals surface area (Å²) < 4.78 is 20.3. The predicted octanol–water partition coefficient (Wildman–Crippen LogP) is 27.9. The topological polar surface area (TPSA) is 83.2 Å². The number of rotatable bonds is 10. The maximum atomic E-state index is 7.14. The van der Waals surface area contributed by atoms with E-state index in [-0.39, 0.29) is 0 Å². The molecule has 24 rings (SSSR count). The van der Waals surface area contributed by atoms with Crippen LogP contribution in [0.2, 0.25) is 0 Å². The van der Waals surface area contributed by atoms with Crippen molar-refractivity contribution in [2.75, 3.05) is 0 Å². The molecule has 3 aromatic heterocycles. The first-order valence-electron chi connectivity index (χ1n) is 39.9. The number of nitrogens with zero attached hydrogens (tertiary/aromatic N) is 4. The van der Waals surface area contributed by atoms with Crippen molar-refractivity contribution >= 4 is 32.7 Å². The van der Waals surface area contributed by atoms with Crippen molar-refractivity contribution in [3.8, 4) is 158 Å². The fourth-order valence-corrected chi connectivity index (χ4v) is 19.4. The molecule has 0 unspecified atom stereocenters. The Kier molecular flexibility index (Phi) is 14.7. The van der Waals surface area contributed by atoms with Crippen LogP contribution in [-0.4, -0.2) is 19.9 Å². The van der Waals surface area contributed by atoms with Crippen LogP contribution in [0.25, 0.3) is 167 Å². The van der Waals surface area contributed by atoms with Crippen LogP contribution in [0, 0.1) is 0 Å². The van der Waals surface area contributed by atoms with E-state index in [2.05, 4.69) is 358 Å². The Hall–Kier alpha value is -15.4. The number of benzene rings is 17. The lowest BCUT2D eigenvalue weighted by Gasteiger charge is -2.40. The van der Waals surface area contributed by atoms with E-state index in [4.69, 9.17) is 33.8 Å². The van der Waals surface area contributed by atoms with E-state index in [9.17, 15) is 0 Å². The molecule has 17 aromatic carbocycles. The van der Waals surface area contributed by atoms with E-state index < -0.39 is 10.8 Å². The third kappa shape index (κ3) is 10.3. The van der Waals surface area contributed by atoms with Gasteiger partial charge in [-0.25, -0.2) is 19.9 Å². The highest BCUT2D eigenvalue weighted by Gasteiger charge is 2.53. The van der Waals surface area contributed by atoms with Gasteiger partial charge in [0.25, 0.3) is 0 Å². The summed E-state index contributed by atoms with van der Waals surface area (Å²) in [5.41, 5.74) is 32.8. The minimum Gasteiger partial charge on any atom is -0.457 e. The van der Waals surface area contributed by atoms with Crippen LogP contribution in [0.3, 0.4) is 0 Å². The number of fused-ring (bicyclic) bond motifs is 22. The highest BCUT2D eigenvalue weighted by molar-refractivity contribution is 6.07. The largest absolute Gasteiger partial charge is 0.457 e. The summed E-state index contributed by atoms with van der Waals surface area (Å²) in [6.45, 7) is 0. The smallest absolute Gasteiger partial charge is 0.160 e. The average Bonchev–Trinajstić information content (AvgIpc) is 1.55. The zero-order valence-electron chi connectivity index (χ0n) is 63.1. The fourth-order valence-electron chi connectivity index (χ4n) is 19.4. The first kappa shape index (κ1) is 66.2. The highest BCUT2D eigenvalue weighted by Crippen LogP contribution is 2.65. The van der Waals surface area contributed by atoms with Gasteiger partial charge in [0, 0.05) is 66.4 Å². The average molecular weight is 1490 g/mol. The number of furan rings is 1. The van der Waals surface area contributed by atoms with Crippen molar-refractivity contribution in [3.63, 3.8) is 0 Å². The van der Waals surface area contributed by atoms with Crippen molar-refractivity contribution in [1.29, 1.82) is 0 Å². The molecule has 0 saturated heterocycles. The number of para-hydroxylation sites is 2. The normalized spacial score (nSPS) is 13.2. The third-order valence-electron chi connectivity index (χ3n) is 24.7. The maximum Gasteiger partial charge on any atom is 0.160 e. The second kappa shape index (κ2) is 26.1. The Morgan fingerprint density at radius 2 is 0.504 bits per heavy atom. The Morgan fingerprint density at radius 1 is 0.171 bits per heavy atom. The summed E-state index contributed by atoms with van der Waals surface area (Å²) in [5.74, 6) is 4.72. The molecule has 20 aromatic rings. The molecule has 117 heavy (non-hydrogen) atoms. The van der Waals surface area contributed by atoms with Crippen LogP contribution in [-0.2, 0) is 10.8 Å². The van der Waals surface area contributed by atoms with E-state index in [0.29, 0.717) is 11.6 Å². The zero-order chi connectivity index (χ0) is 76.9. The van der Waals surface area contributed by atoms with Gasteiger partial charge < -0.3 is 13.9 Å². The van der Waals surface area contributed by atoms with Gasteiger partial charge in [0.1, 0.15) is 34.2 Å². The van der Waals surface area contributed by atoms with Gasteiger partial charge >= 0.3 is 0 Å². The molecular formula is C110H66N4O3. The van der Waals surface area contributed by atoms with Crippen LogP contribution in [0.5, 0.6) is 23.0 Å². The van der Waals surface area contributed by atoms with Gasteiger partial charge in [-0.15, -0.1) is 0 Å². The van der Waals surface area contributed by atoms with E-state index in [1.807, 2.05) is 42.5 Å². The van der Waals surface area contributed by atoms with Gasteiger partial charge in [-0.2, -0.15) is 0 Å². The monoisotopic (exact) mass is 1490 g/mol. The number of aromatic nitrogens is 4. The lowest BCUT2D eigenvalue weighted by Crippen LogP contribution is -2.32. The standard InChI is InChI=1S/C110H66N4O3/c1-3-21-73(22-4-1)107-111-97(65-99(113-107)78-51-55-88-87-31-13-19-37-101(87)115-106(88)64-78)71-47-41-69(42-48-71)77-54-60-105-96(63-77)110(91-34-16-11-29-84(91)85-30-12-17-35-92(85)110)95-62-76(53-59-104(95)117-105)67-39-45-70(46-40-67)79-56-57-86(81-26-8-7-25-80(79)81)100-66-98(112-108(114-100)74-23-5-2-6-24-74)72-49-43-68(44-50-72)75-52-58-103-94(61-75)109(93-36-18-20-38-102(93)116-103)89-32-14-9-27-82(89)83-28-10-15-33-90(83)109/h1-66H. The summed E-state index contributed by atoms with van der Waals surface area (Å²) >= 11 is 0. The van der Waals surface area contributed by atoms with Crippen LogP contribution in [0.15, 0.2) is 405 Å². The molecule has 0 radical (unpaired) electrons. The lowest BCUT2D eigenvalue weighted by atomic mass is 9.65. The predicted molar refractivity (Wildman–Crippen MR) is 472 cm³/mol. The molecular weight excluding hydrogens is 1430 g/mol. The van der Waals surface area contributed by atoms with Crippen LogP contribution >= 0.6 is 0 Å². The Bertz CT molecular complexity index is 7400. The lowest BCUT2D eigenvalue weighted by molar-refractivity contribution is 0.436. The third-order valence-corrected chi connectivity index (χ3v) is 24.7. The molecule has 0 fully saturated rings. The van der Waals surface area contributed by atoms with E-state index in [1.54, 1.807) is 0 Å². The molecule has 544 valence electrons. The SMILES string of the molecule is c1ccc(-c2nc(-c3ccc(-c4ccc5c(c4)C4(c6cc(-c7ccc(-c8ccc(-c9cc(-c%10ccc(-c%11ccc%12c(c%11)C%11(c%13ccccc%13O%12)c%12ccccc%12-c%12ccccc%12%11)cc%10)nc(-c%10ccccc%10)n9)c9ccccc89)cc7)ccc6O5)c5ccccc5-c5ccccc54)cc3)cc(-c3ccc4c(c3)oc3ccccc34)n2)cc1. The zero-order valence-corrected chi connectivity index (χ0v) is 63.1. The second-order valence-corrected chi connectivity index (χ2v) is 30.9. The Balaban J connectivity index is 0.558. The quantitative estimate of drug-likeness (QED) is 0.135. The van der Waals surface area contributed by atoms with Crippen molar-refractivity contribution in [3.05, 3.63) is 445 Å². The molecule has 7 heteroatoms. The van der Waals surface area contributed by atoms with E-state index in [0.717, 1.165) is 179 Å². The van der Waals surface area contributed by atoms with Gasteiger partial charge in [0.15, 0.2) is 11.6 Å². The number of hydrogen-bond acceptors (Lipinski definition) is 7. The molecule has 2 aliphatic carbocycles. The molecule has 7 nitrogen and oxygen atoms in total. The Labute approximate surface area is 675 Å². The molecule has 2 spiro atoms. The number of hydrogen-bond donors (Lipinski definition) is 0. The molecule has 4 aliphatic rings. The number of ether oxygens (including phenoxy) is 2. The molecule has 5 heterocycles. The van der Waals surface area contributed by atoms with E-state index in [1.165, 1.54) is 44.5 Å². The molecule has 2 aliphatic heterocycles. The molecule has 0 bridgehead atoms. The van der Waals surface area contributed by atoms with Crippen molar-refractivity contribution in [1.82, 2.24) is 19.9 Å². The van der Waals surface area contributed by atoms with Gasteiger partial charge in [-0.1, -0.05) is 328 Å². The van der Waals surface area contributed by atoms with Gasteiger partial charge in [0.2, 0.25) is 0 Å². The fraction of sp³-hybridized carbons (Fsp3) is 0.0182. The summed E-state index contributed by atoms with van der Waals surface area (Å²) in [5, 5.41) is 4.40. The molecule has 0 amide bonds. The van der Waals surface area contributed by atoms with Gasteiger partial charge in [0.05, 0.1) is 33.6 Å². The van der Waals surface area contributed by atoms with Crippen molar-refractivity contribution in [2.24, 2.45) is 0 Å². The van der Waals surface area contributed by atoms with E-state index >= 15 is 0 Å². The van der Waals surface area contributed by atoms with Gasteiger partial charge in [-0.3, -0.25) is 0 Å². The summed E-state index contributed by atoms with van der Waals surface area (Å²) in [4.78, 5) is 21.1. The molecule has 0 atom stereocenters. The minimum atomic E-state index is -0.716. The Morgan fingerprint density at radius 3 is 1.00 bits per heavy atom. The van der Waals surface area contributed by atoms with Gasteiger partial charge in [-0.05, 0) is 173 Å². The van der Waals surface area contributed by atoms with Crippen molar-refractivity contribution < 1.29 is 13.9 Å². The van der Waals surface area contributed by atoms with Crippen molar-refractivity contribution in [2.45, 2.75) is 10.8 Å². The summed E-state index contributed by atoms with van der Waals surface area (Å²) in [6.07, 6.45) is 0. The summed E-state index contributed by atoms with van der Waals surface area (Å²) in [6, 6.07) is 144. The first-order valence-corrected chi connectivity index (χ1v) is 39.9. The second-order valence-electron chi connectivity index (χ2n) is 30.9. The minimum absolute atomic E-state index is 0.560. The molecule has 0 N–H and O–H groups in total.